The fourth-order valence-corrected chi connectivity index (χ4v) is 2.57. The molecule has 1 heterocycles. The first-order valence-corrected chi connectivity index (χ1v) is 7.79. The number of aromatic nitrogens is 1. The Balaban J connectivity index is 1.79. The Labute approximate surface area is 147 Å². The summed E-state index contributed by atoms with van der Waals surface area (Å²) >= 11 is 0. The van der Waals surface area contributed by atoms with Gasteiger partial charge in [0.1, 0.15) is 5.69 Å². The molecular formula is C19H15F3N2O2. The van der Waals surface area contributed by atoms with E-state index in [0.717, 1.165) is 11.6 Å². The molecule has 0 fully saturated rings. The van der Waals surface area contributed by atoms with Gasteiger partial charge in [-0.2, -0.15) is 13.2 Å². The van der Waals surface area contributed by atoms with E-state index in [2.05, 4.69) is 5.16 Å². The lowest BCUT2D eigenvalue weighted by molar-refractivity contribution is -0.138. The van der Waals surface area contributed by atoms with Crippen molar-refractivity contribution < 1.29 is 22.5 Å². The number of nitrogens with zero attached hydrogens (tertiary/aromatic N) is 2. The van der Waals surface area contributed by atoms with Crippen molar-refractivity contribution in [3.8, 4) is 11.3 Å². The van der Waals surface area contributed by atoms with Gasteiger partial charge in [-0.05, 0) is 11.6 Å². The highest BCUT2D eigenvalue weighted by molar-refractivity contribution is 5.92. The molecule has 3 rings (SSSR count). The molecule has 2 aromatic carbocycles. The van der Waals surface area contributed by atoms with Crippen molar-refractivity contribution in [2.45, 2.75) is 12.7 Å². The van der Waals surface area contributed by atoms with Crippen LogP contribution >= 0.6 is 0 Å². The molecule has 0 aliphatic heterocycles. The fourth-order valence-electron chi connectivity index (χ4n) is 2.57. The monoisotopic (exact) mass is 360 g/mol. The molecule has 134 valence electrons. The second-order valence-corrected chi connectivity index (χ2v) is 5.76. The molecular weight excluding hydrogens is 345 g/mol. The van der Waals surface area contributed by atoms with E-state index in [-0.39, 0.29) is 17.9 Å². The molecule has 0 N–H and O–H groups in total. The van der Waals surface area contributed by atoms with E-state index in [9.17, 15) is 18.0 Å². The van der Waals surface area contributed by atoms with Gasteiger partial charge in [0.2, 0.25) is 5.76 Å². The lowest BCUT2D eigenvalue weighted by Crippen LogP contribution is -2.27. The van der Waals surface area contributed by atoms with Gasteiger partial charge < -0.3 is 9.42 Å². The van der Waals surface area contributed by atoms with Crippen molar-refractivity contribution in [3.63, 3.8) is 0 Å². The lowest BCUT2D eigenvalue weighted by Gasteiger charge is -2.19. The Morgan fingerprint density at radius 3 is 2.42 bits per heavy atom. The molecule has 0 radical (unpaired) electrons. The van der Waals surface area contributed by atoms with Crippen molar-refractivity contribution in [2.75, 3.05) is 7.05 Å². The molecule has 4 nitrogen and oxygen atoms in total. The zero-order valence-corrected chi connectivity index (χ0v) is 13.8. The van der Waals surface area contributed by atoms with Crippen LogP contribution in [0.15, 0.2) is 65.2 Å². The predicted octanol–water partition coefficient (Wildman–Crippen LogP) is 4.63. The number of rotatable bonds is 4. The first-order valence-electron chi connectivity index (χ1n) is 7.79. The first kappa shape index (κ1) is 17.7. The molecule has 0 aliphatic rings. The van der Waals surface area contributed by atoms with Crippen LogP contribution in [0.4, 0.5) is 13.2 Å². The zero-order valence-electron chi connectivity index (χ0n) is 13.8. The third-order valence-corrected chi connectivity index (χ3v) is 3.87. The van der Waals surface area contributed by atoms with E-state index in [1.54, 1.807) is 0 Å². The third-order valence-electron chi connectivity index (χ3n) is 3.87. The highest BCUT2D eigenvalue weighted by atomic mass is 19.4. The van der Waals surface area contributed by atoms with Gasteiger partial charge >= 0.3 is 6.18 Å². The van der Waals surface area contributed by atoms with Gasteiger partial charge in [-0.15, -0.1) is 0 Å². The lowest BCUT2D eigenvalue weighted by atomic mass is 10.1. The quantitative estimate of drug-likeness (QED) is 0.681. The molecule has 1 amide bonds. The van der Waals surface area contributed by atoms with E-state index in [4.69, 9.17) is 4.52 Å². The Hall–Kier alpha value is -3.09. The topological polar surface area (TPSA) is 46.3 Å². The summed E-state index contributed by atoms with van der Waals surface area (Å²) in [4.78, 5) is 13.6. The summed E-state index contributed by atoms with van der Waals surface area (Å²) in [6, 6.07) is 15.8. The van der Waals surface area contributed by atoms with E-state index in [0.29, 0.717) is 5.69 Å². The molecule has 26 heavy (non-hydrogen) atoms. The second kappa shape index (κ2) is 7.03. The number of carbonyl (C=O) groups is 1. The van der Waals surface area contributed by atoms with E-state index in [1.807, 2.05) is 30.3 Å². The maximum absolute atomic E-state index is 13.1. The average molecular weight is 360 g/mol. The number of benzene rings is 2. The van der Waals surface area contributed by atoms with Crippen molar-refractivity contribution in [1.82, 2.24) is 10.1 Å². The molecule has 0 aliphatic carbocycles. The number of alkyl halides is 3. The molecule has 7 heteroatoms. The summed E-state index contributed by atoms with van der Waals surface area (Å²) in [6.07, 6.45) is -4.48. The number of hydrogen-bond acceptors (Lipinski definition) is 3. The normalized spacial score (nSPS) is 11.4. The van der Waals surface area contributed by atoms with Crippen molar-refractivity contribution in [3.05, 3.63) is 77.6 Å². The van der Waals surface area contributed by atoms with Crippen LogP contribution in [0.25, 0.3) is 11.3 Å². The first-order chi connectivity index (χ1) is 12.4. The highest BCUT2D eigenvalue weighted by Crippen LogP contribution is 2.32. The Morgan fingerprint density at radius 2 is 1.73 bits per heavy atom. The van der Waals surface area contributed by atoms with Crippen LogP contribution < -0.4 is 0 Å². The molecule has 0 saturated heterocycles. The Kier molecular flexibility index (Phi) is 4.79. The summed E-state index contributed by atoms with van der Waals surface area (Å²) in [6.45, 7) is -0.199. The van der Waals surface area contributed by atoms with E-state index in [1.165, 1.54) is 36.2 Å². The smallest absolute Gasteiger partial charge is 0.350 e. The number of hydrogen-bond donors (Lipinski definition) is 0. The number of carbonyl (C=O) groups excluding carboxylic acids is 1. The van der Waals surface area contributed by atoms with Gasteiger partial charge in [0, 0.05) is 25.2 Å². The van der Waals surface area contributed by atoms with Crippen LogP contribution in [0, 0.1) is 0 Å². The maximum Gasteiger partial charge on any atom is 0.416 e. The fraction of sp³-hybridized carbons (Fsp3) is 0.158. The molecule has 3 aromatic rings. The maximum atomic E-state index is 13.1. The second-order valence-electron chi connectivity index (χ2n) is 5.76. The van der Waals surface area contributed by atoms with Crippen molar-refractivity contribution >= 4 is 5.91 Å². The van der Waals surface area contributed by atoms with Crippen LogP contribution in [0.2, 0.25) is 0 Å². The van der Waals surface area contributed by atoms with Gasteiger partial charge in [-0.3, -0.25) is 4.79 Å². The molecule has 0 saturated carbocycles. The zero-order chi connectivity index (χ0) is 18.7. The van der Waals surface area contributed by atoms with Crippen molar-refractivity contribution in [2.24, 2.45) is 0 Å². The minimum atomic E-state index is -4.48. The molecule has 0 spiro atoms. The van der Waals surface area contributed by atoms with Gasteiger partial charge in [-0.1, -0.05) is 53.7 Å². The highest BCUT2D eigenvalue weighted by Gasteiger charge is 2.33. The third kappa shape index (κ3) is 3.77. The molecule has 0 atom stereocenters. The minimum absolute atomic E-state index is 0.0126. The van der Waals surface area contributed by atoms with E-state index >= 15 is 0 Å². The summed E-state index contributed by atoms with van der Waals surface area (Å²) < 4.78 is 44.3. The largest absolute Gasteiger partial charge is 0.416 e. The van der Waals surface area contributed by atoms with Crippen LogP contribution in [-0.4, -0.2) is 23.0 Å². The van der Waals surface area contributed by atoms with Crippen LogP contribution in [0.3, 0.4) is 0 Å². The summed E-state index contributed by atoms with van der Waals surface area (Å²) in [7, 11) is 1.42. The molecule has 0 bridgehead atoms. The minimum Gasteiger partial charge on any atom is -0.350 e. The van der Waals surface area contributed by atoms with Crippen LogP contribution in [0.5, 0.6) is 0 Å². The summed E-state index contributed by atoms with van der Waals surface area (Å²) in [5.41, 5.74) is 0.513. The summed E-state index contributed by atoms with van der Waals surface area (Å²) in [5, 5.41) is 3.85. The average Bonchev–Trinajstić information content (AvgIpc) is 3.11. The predicted molar refractivity (Wildman–Crippen MR) is 89.2 cm³/mol. The summed E-state index contributed by atoms with van der Waals surface area (Å²) in [5.74, 6) is -0.576. The van der Waals surface area contributed by atoms with Gasteiger partial charge in [0.05, 0.1) is 5.56 Å². The molecule has 0 unspecified atom stereocenters. The number of halogens is 3. The van der Waals surface area contributed by atoms with Gasteiger partial charge in [0.15, 0.2) is 0 Å². The van der Waals surface area contributed by atoms with Crippen LogP contribution in [-0.2, 0) is 12.7 Å². The Morgan fingerprint density at radius 1 is 1.08 bits per heavy atom. The van der Waals surface area contributed by atoms with Gasteiger partial charge in [0.25, 0.3) is 5.91 Å². The molecule has 1 aromatic heterocycles. The number of amides is 1. The standard InChI is InChI=1S/C19H15F3N2O2/c1-24(12-14-9-5-6-10-15(14)19(20,21)22)18(25)17-11-16(23-26-17)13-7-3-2-4-8-13/h2-11H,12H2,1H3. The van der Waals surface area contributed by atoms with Gasteiger partial charge in [-0.25, -0.2) is 0 Å². The van der Waals surface area contributed by atoms with Crippen molar-refractivity contribution in [1.29, 1.82) is 0 Å². The van der Waals surface area contributed by atoms with E-state index < -0.39 is 17.6 Å². The Bertz CT molecular complexity index is 904. The SMILES string of the molecule is CN(Cc1ccccc1C(F)(F)F)C(=O)c1cc(-c2ccccc2)no1. The van der Waals surface area contributed by atoms with Crippen LogP contribution in [0.1, 0.15) is 21.7 Å².